The molecule has 0 radical (unpaired) electrons. The van der Waals surface area contributed by atoms with E-state index in [1.165, 1.54) is 6.92 Å². The molecule has 0 unspecified atom stereocenters. The molecule has 0 aromatic heterocycles. The molecule has 0 bridgehead atoms. The van der Waals surface area contributed by atoms with Crippen LogP contribution in [0.25, 0.3) is 0 Å². The highest BCUT2D eigenvalue weighted by atomic mass is 16.1. The summed E-state index contributed by atoms with van der Waals surface area (Å²) in [6, 6.07) is 24.0. The Morgan fingerprint density at radius 2 is 0.667 bits per heavy atom. The van der Waals surface area contributed by atoms with E-state index in [4.69, 9.17) is 4.79 Å². The van der Waals surface area contributed by atoms with Gasteiger partial charge >= 0.3 is 0 Å². The van der Waals surface area contributed by atoms with Gasteiger partial charge in [0, 0.05) is 0 Å². The number of hydrogen-bond acceptors (Lipinski definition) is 1. The predicted octanol–water partition coefficient (Wildman–Crippen LogP) is 4.77. The minimum atomic E-state index is 0.750. The van der Waals surface area contributed by atoms with Gasteiger partial charge in [-0.1, -0.05) is 78.9 Å². The number of carbonyl (C=O) groups is 1. The van der Waals surface area contributed by atoms with Gasteiger partial charge in [-0.05, 0) is 13.8 Å². The van der Waals surface area contributed by atoms with Crippen LogP contribution in [-0.2, 0) is 4.79 Å². The summed E-state index contributed by atoms with van der Waals surface area (Å²) in [6.45, 7) is 6.69. The molecule has 0 N–H and O–H groups in total. The molecule has 96 valence electrons. The predicted molar refractivity (Wildman–Crippen MR) is 80.5 cm³/mol. The van der Waals surface area contributed by atoms with E-state index in [0.717, 1.165) is 6.29 Å². The van der Waals surface area contributed by atoms with Crippen molar-refractivity contribution >= 4 is 6.29 Å². The molecule has 0 saturated carbocycles. The van der Waals surface area contributed by atoms with Gasteiger partial charge in [-0.25, -0.2) is 0 Å². The lowest BCUT2D eigenvalue weighted by Gasteiger charge is -1.69. The zero-order valence-electron chi connectivity index (χ0n) is 11.2. The smallest absolute Gasteiger partial charge is 0.116 e. The Morgan fingerprint density at radius 3 is 0.722 bits per heavy atom. The van der Waals surface area contributed by atoms with Crippen LogP contribution in [0.5, 0.6) is 0 Å². The summed E-state index contributed by atoms with van der Waals surface area (Å²) in [5, 5.41) is 0. The second kappa shape index (κ2) is 20.3. The monoisotopic (exact) mass is 242 g/mol. The average molecular weight is 242 g/mol. The van der Waals surface area contributed by atoms with E-state index in [-0.39, 0.29) is 0 Å². The summed E-state index contributed by atoms with van der Waals surface area (Å²) in [5.41, 5.74) is 0. The van der Waals surface area contributed by atoms with Crippen molar-refractivity contribution in [2.24, 2.45) is 0 Å². The van der Waals surface area contributed by atoms with Gasteiger partial charge in [-0.15, -0.1) is 6.58 Å². The average Bonchev–Trinajstić information content (AvgIpc) is 2.45. The quantitative estimate of drug-likeness (QED) is 0.480. The molecule has 1 nitrogen and oxygen atoms in total. The van der Waals surface area contributed by atoms with Crippen LogP contribution in [0, 0.1) is 0 Å². The molecular weight excluding hydrogens is 220 g/mol. The topological polar surface area (TPSA) is 17.1 Å². The minimum absolute atomic E-state index is 0.750. The fraction of sp³-hybridized carbons (Fsp3) is 0.118. The first-order chi connectivity index (χ1) is 8.83. The van der Waals surface area contributed by atoms with Crippen molar-refractivity contribution in [3.8, 4) is 0 Å². The van der Waals surface area contributed by atoms with E-state index in [0.29, 0.717) is 0 Å². The first-order valence-corrected chi connectivity index (χ1v) is 5.80. The minimum Gasteiger partial charge on any atom is -0.304 e. The third kappa shape index (κ3) is 23.6. The van der Waals surface area contributed by atoms with Crippen LogP contribution >= 0.6 is 0 Å². The molecule has 0 saturated heterocycles. The molecule has 0 aliphatic carbocycles. The van der Waals surface area contributed by atoms with Gasteiger partial charge in [0.2, 0.25) is 0 Å². The Hall–Kier alpha value is -2.15. The zero-order chi connectivity index (χ0) is 13.9. The summed E-state index contributed by atoms with van der Waals surface area (Å²) in [6.07, 6.45) is 2.50. The maximum Gasteiger partial charge on any atom is 0.116 e. The Bertz CT molecular complexity index is 250. The summed E-state index contributed by atoms with van der Waals surface area (Å²) < 4.78 is 0. The molecule has 0 aliphatic rings. The van der Waals surface area contributed by atoms with Crippen LogP contribution < -0.4 is 0 Å². The first kappa shape index (κ1) is 18.2. The molecule has 0 atom stereocenters. The maximum absolute atomic E-state index is 8.81. The lowest BCUT2D eigenvalue weighted by molar-refractivity contribution is -0.106. The van der Waals surface area contributed by atoms with Crippen LogP contribution in [0.2, 0.25) is 0 Å². The normalized spacial score (nSPS) is 6.78. The molecule has 2 rings (SSSR count). The third-order valence-corrected chi connectivity index (χ3v) is 1.33. The third-order valence-electron chi connectivity index (χ3n) is 1.33. The Balaban J connectivity index is 0. The SMILES string of the molecule is C=CC.CC=O.c1ccccc1.c1ccccc1. The Labute approximate surface area is 111 Å². The summed E-state index contributed by atoms with van der Waals surface area (Å²) in [7, 11) is 0. The fourth-order valence-corrected chi connectivity index (χ4v) is 0.770. The van der Waals surface area contributed by atoms with Crippen molar-refractivity contribution in [1.82, 2.24) is 0 Å². The van der Waals surface area contributed by atoms with Gasteiger partial charge in [0.15, 0.2) is 0 Å². The van der Waals surface area contributed by atoms with Gasteiger partial charge in [0.1, 0.15) is 6.29 Å². The van der Waals surface area contributed by atoms with Crippen molar-refractivity contribution in [3.05, 3.63) is 85.5 Å². The van der Waals surface area contributed by atoms with E-state index >= 15 is 0 Å². The number of aldehydes is 1. The summed E-state index contributed by atoms with van der Waals surface area (Å²) >= 11 is 0. The van der Waals surface area contributed by atoms with Crippen molar-refractivity contribution < 1.29 is 4.79 Å². The molecule has 0 aliphatic heterocycles. The second-order valence-corrected chi connectivity index (χ2v) is 2.95. The van der Waals surface area contributed by atoms with Gasteiger partial charge in [-0.3, -0.25) is 0 Å². The second-order valence-electron chi connectivity index (χ2n) is 2.95. The summed E-state index contributed by atoms with van der Waals surface area (Å²) in [5.74, 6) is 0. The molecule has 0 amide bonds. The number of carbonyl (C=O) groups excluding carboxylic acids is 1. The molecular formula is C17H22O. The number of rotatable bonds is 0. The first-order valence-electron chi connectivity index (χ1n) is 5.80. The van der Waals surface area contributed by atoms with Crippen molar-refractivity contribution in [1.29, 1.82) is 0 Å². The Kier molecular flexibility index (Phi) is 20.5. The van der Waals surface area contributed by atoms with E-state index in [2.05, 4.69) is 6.58 Å². The maximum atomic E-state index is 8.81. The van der Waals surface area contributed by atoms with E-state index in [1.54, 1.807) is 6.08 Å². The van der Waals surface area contributed by atoms with Crippen LogP contribution in [0.1, 0.15) is 13.8 Å². The zero-order valence-corrected chi connectivity index (χ0v) is 11.2. The molecule has 0 spiro atoms. The standard InChI is InChI=1S/2C6H6.C3H6.C2H4O/c2*1-2-4-6-5-3-1;1-3-2;1-2-3/h2*1-6H;3H,1H2,2H3;2H,1H3. The largest absolute Gasteiger partial charge is 0.304 e. The van der Waals surface area contributed by atoms with Crippen LogP contribution in [0.4, 0.5) is 0 Å². The highest BCUT2D eigenvalue weighted by molar-refractivity contribution is 5.44. The van der Waals surface area contributed by atoms with Crippen LogP contribution in [-0.4, -0.2) is 6.29 Å². The van der Waals surface area contributed by atoms with Crippen molar-refractivity contribution in [2.75, 3.05) is 0 Å². The molecule has 2 aromatic rings. The van der Waals surface area contributed by atoms with Gasteiger partial charge in [0.05, 0.1) is 0 Å². The number of allylic oxidation sites excluding steroid dienone is 1. The van der Waals surface area contributed by atoms with E-state index in [1.807, 2.05) is 79.7 Å². The van der Waals surface area contributed by atoms with Crippen LogP contribution in [0.3, 0.4) is 0 Å². The highest BCUT2D eigenvalue weighted by Gasteiger charge is 1.58. The molecule has 18 heavy (non-hydrogen) atoms. The molecule has 0 fully saturated rings. The lowest BCUT2D eigenvalue weighted by atomic mass is 10.4. The van der Waals surface area contributed by atoms with E-state index in [9.17, 15) is 0 Å². The van der Waals surface area contributed by atoms with Gasteiger partial charge in [0.25, 0.3) is 0 Å². The van der Waals surface area contributed by atoms with Crippen molar-refractivity contribution in [2.45, 2.75) is 13.8 Å². The molecule has 0 heterocycles. The van der Waals surface area contributed by atoms with Crippen LogP contribution in [0.15, 0.2) is 85.5 Å². The lowest BCUT2D eigenvalue weighted by Crippen LogP contribution is -1.47. The van der Waals surface area contributed by atoms with E-state index < -0.39 is 0 Å². The van der Waals surface area contributed by atoms with Gasteiger partial charge in [-0.2, -0.15) is 0 Å². The highest BCUT2D eigenvalue weighted by Crippen LogP contribution is 1.80. The molecule has 1 heteroatoms. The molecule has 2 aromatic carbocycles. The number of hydrogen-bond donors (Lipinski definition) is 0. The van der Waals surface area contributed by atoms with Crippen molar-refractivity contribution in [3.63, 3.8) is 0 Å². The van der Waals surface area contributed by atoms with Gasteiger partial charge < -0.3 is 4.79 Å². The summed E-state index contributed by atoms with van der Waals surface area (Å²) in [4.78, 5) is 8.81. The Morgan fingerprint density at radius 1 is 0.611 bits per heavy atom. The number of benzene rings is 2. The fourth-order valence-electron chi connectivity index (χ4n) is 0.770.